The van der Waals surface area contributed by atoms with Gasteiger partial charge in [0, 0.05) is 5.56 Å². The summed E-state index contributed by atoms with van der Waals surface area (Å²) >= 11 is 0. The Balaban J connectivity index is 1.49. The maximum Gasteiger partial charge on any atom is 0.285 e. The topological polar surface area (TPSA) is 90.9 Å². The third kappa shape index (κ3) is 3.26. The lowest BCUT2D eigenvalue weighted by atomic mass is 10.1. The van der Waals surface area contributed by atoms with Gasteiger partial charge < -0.3 is 0 Å². The highest BCUT2D eigenvalue weighted by molar-refractivity contribution is 5.79. The Morgan fingerprint density at radius 1 is 0.867 bits per heavy atom. The number of hydrogen-bond donors (Lipinski definition) is 0. The van der Waals surface area contributed by atoms with E-state index in [1.54, 1.807) is 12.3 Å². The van der Waals surface area contributed by atoms with E-state index in [9.17, 15) is 4.79 Å². The zero-order valence-electron chi connectivity index (χ0n) is 15.7. The fourth-order valence-corrected chi connectivity index (χ4v) is 3.02. The molecular weight excluding hydrogens is 378 g/mol. The van der Waals surface area contributed by atoms with Crippen molar-refractivity contribution in [2.24, 2.45) is 5.10 Å². The zero-order valence-corrected chi connectivity index (χ0v) is 15.7. The molecule has 5 aromatic rings. The first-order valence-corrected chi connectivity index (χ1v) is 9.24. The van der Waals surface area contributed by atoms with Crippen molar-refractivity contribution in [1.29, 1.82) is 0 Å². The van der Waals surface area contributed by atoms with Crippen LogP contribution >= 0.6 is 0 Å². The molecule has 0 saturated heterocycles. The van der Waals surface area contributed by atoms with Crippen molar-refractivity contribution in [2.75, 3.05) is 0 Å². The Hall–Kier alpha value is -4.46. The molecule has 5 rings (SSSR count). The molecule has 0 N–H and O–H groups in total. The molecule has 2 aromatic carbocycles. The van der Waals surface area contributed by atoms with Crippen LogP contribution in [-0.2, 0) is 0 Å². The lowest BCUT2D eigenvalue weighted by Crippen LogP contribution is -2.17. The summed E-state index contributed by atoms with van der Waals surface area (Å²) in [6.45, 7) is 0. The van der Waals surface area contributed by atoms with Crippen molar-refractivity contribution < 1.29 is 0 Å². The van der Waals surface area contributed by atoms with Gasteiger partial charge in [0.2, 0.25) is 0 Å². The molecule has 0 fully saturated rings. The fourth-order valence-electron chi connectivity index (χ4n) is 3.02. The third-order valence-electron chi connectivity index (χ3n) is 4.54. The number of hydrogen-bond acceptors (Lipinski definition) is 6. The first-order chi connectivity index (χ1) is 14.8. The van der Waals surface area contributed by atoms with E-state index in [1.165, 1.54) is 21.9 Å². The van der Waals surface area contributed by atoms with Gasteiger partial charge in [0.15, 0.2) is 11.5 Å². The van der Waals surface area contributed by atoms with Crippen molar-refractivity contribution in [3.05, 3.63) is 101 Å². The van der Waals surface area contributed by atoms with Crippen LogP contribution in [-0.4, -0.2) is 35.9 Å². The van der Waals surface area contributed by atoms with Gasteiger partial charge in [-0.3, -0.25) is 4.79 Å². The predicted molar refractivity (Wildman–Crippen MR) is 114 cm³/mol. The van der Waals surface area contributed by atoms with Crippen LogP contribution in [0.4, 0.5) is 0 Å². The second-order valence-electron chi connectivity index (χ2n) is 6.49. The highest BCUT2D eigenvalue weighted by Crippen LogP contribution is 2.17. The van der Waals surface area contributed by atoms with Gasteiger partial charge >= 0.3 is 0 Å². The average molecular weight is 393 g/mol. The summed E-state index contributed by atoms with van der Waals surface area (Å²) < 4.78 is 2.68. The summed E-state index contributed by atoms with van der Waals surface area (Å²) in [5.74, 6) is 0.474. The van der Waals surface area contributed by atoms with Gasteiger partial charge in [-0.15, -0.1) is 10.2 Å². The first kappa shape index (κ1) is 17.6. The van der Waals surface area contributed by atoms with Crippen molar-refractivity contribution in [3.63, 3.8) is 0 Å². The Kier molecular flexibility index (Phi) is 4.41. The van der Waals surface area contributed by atoms with Crippen molar-refractivity contribution in [1.82, 2.24) is 29.6 Å². The highest BCUT2D eigenvalue weighted by atomic mass is 16.1. The molecule has 0 aliphatic carbocycles. The second kappa shape index (κ2) is 7.51. The molecule has 144 valence electrons. The van der Waals surface area contributed by atoms with Gasteiger partial charge in [-0.25, -0.2) is 4.98 Å². The third-order valence-corrected chi connectivity index (χ3v) is 4.54. The van der Waals surface area contributed by atoms with Crippen molar-refractivity contribution >= 4 is 17.2 Å². The van der Waals surface area contributed by atoms with E-state index >= 15 is 0 Å². The number of fused-ring (bicyclic) bond motifs is 1. The summed E-state index contributed by atoms with van der Waals surface area (Å²) in [6, 6.07) is 22.9. The lowest BCUT2D eigenvalue weighted by molar-refractivity contribution is 0.799. The maximum atomic E-state index is 12.8. The van der Waals surface area contributed by atoms with Crippen LogP contribution in [0, 0.1) is 0 Å². The van der Waals surface area contributed by atoms with Crippen LogP contribution in [0.5, 0.6) is 0 Å². The Bertz CT molecular complexity index is 1390. The van der Waals surface area contributed by atoms with E-state index < -0.39 is 0 Å². The molecule has 0 radical (unpaired) electrons. The molecule has 3 heterocycles. The zero-order chi connectivity index (χ0) is 20.3. The molecule has 8 heteroatoms. The largest absolute Gasteiger partial charge is 0.285 e. The second-order valence-corrected chi connectivity index (χ2v) is 6.49. The minimum Gasteiger partial charge on any atom is -0.266 e. The Morgan fingerprint density at radius 3 is 2.37 bits per heavy atom. The van der Waals surface area contributed by atoms with E-state index in [0.717, 1.165) is 16.8 Å². The van der Waals surface area contributed by atoms with Gasteiger partial charge in [-0.05, 0) is 17.7 Å². The van der Waals surface area contributed by atoms with Crippen LogP contribution in [0.3, 0.4) is 0 Å². The summed E-state index contributed by atoms with van der Waals surface area (Å²) in [5.41, 5.74) is 2.69. The fraction of sp³-hybridized carbons (Fsp3) is 0. The molecule has 0 aliphatic heterocycles. The molecule has 0 spiro atoms. The van der Waals surface area contributed by atoms with Gasteiger partial charge in [-0.2, -0.15) is 19.6 Å². The molecule has 8 nitrogen and oxygen atoms in total. The quantitative estimate of drug-likeness (QED) is 0.438. The molecule has 0 bridgehead atoms. The van der Waals surface area contributed by atoms with Crippen LogP contribution in [0.15, 0.2) is 95.2 Å². The number of nitrogens with zero attached hydrogens (tertiary/aromatic N) is 7. The molecule has 0 unspecified atom stereocenters. The van der Waals surface area contributed by atoms with Gasteiger partial charge in [0.05, 0.1) is 18.1 Å². The van der Waals surface area contributed by atoms with E-state index in [-0.39, 0.29) is 5.56 Å². The number of benzene rings is 2. The van der Waals surface area contributed by atoms with Crippen LogP contribution in [0.2, 0.25) is 0 Å². The summed E-state index contributed by atoms with van der Waals surface area (Å²) in [5, 5.41) is 17.3. The van der Waals surface area contributed by atoms with Gasteiger partial charge in [0.1, 0.15) is 11.7 Å². The van der Waals surface area contributed by atoms with Gasteiger partial charge in [-0.1, -0.05) is 60.7 Å². The molecule has 3 aromatic heterocycles. The van der Waals surface area contributed by atoms with Crippen LogP contribution in [0.1, 0.15) is 5.56 Å². The SMILES string of the molecule is O=c1c2cnn(-c3ccc(-c4ccccc4)nn3)c2ncn1/N=C/c1ccccc1. The van der Waals surface area contributed by atoms with Crippen LogP contribution in [0.25, 0.3) is 28.1 Å². The molecule has 0 atom stereocenters. The molecule has 30 heavy (non-hydrogen) atoms. The Labute approximate surface area is 170 Å². The van der Waals surface area contributed by atoms with E-state index in [1.807, 2.05) is 66.7 Å². The molecular formula is C22H15N7O. The lowest BCUT2D eigenvalue weighted by Gasteiger charge is -2.04. The predicted octanol–water partition coefficient (Wildman–Crippen LogP) is 2.92. The van der Waals surface area contributed by atoms with E-state index in [4.69, 9.17) is 0 Å². The normalized spacial score (nSPS) is 11.3. The number of rotatable bonds is 4. The Morgan fingerprint density at radius 2 is 1.63 bits per heavy atom. The maximum absolute atomic E-state index is 12.8. The smallest absolute Gasteiger partial charge is 0.266 e. The molecule has 0 aliphatic rings. The first-order valence-electron chi connectivity index (χ1n) is 9.24. The summed E-state index contributed by atoms with van der Waals surface area (Å²) in [6.07, 6.45) is 4.44. The highest BCUT2D eigenvalue weighted by Gasteiger charge is 2.12. The molecule has 0 saturated carbocycles. The van der Waals surface area contributed by atoms with Crippen molar-refractivity contribution in [2.45, 2.75) is 0 Å². The van der Waals surface area contributed by atoms with Crippen molar-refractivity contribution in [3.8, 4) is 17.1 Å². The standard InChI is InChI=1S/C22H15N7O/c30-22-18-14-25-29(20-12-11-19(26-27-20)17-9-5-2-6-10-17)21(18)23-15-28(22)24-13-16-7-3-1-4-8-16/h1-15H/b24-13+. The summed E-state index contributed by atoms with van der Waals surface area (Å²) in [4.78, 5) is 17.1. The average Bonchev–Trinajstić information content (AvgIpc) is 3.25. The number of aromatic nitrogens is 6. The van der Waals surface area contributed by atoms with Gasteiger partial charge in [0.25, 0.3) is 5.56 Å². The summed E-state index contributed by atoms with van der Waals surface area (Å²) in [7, 11) is 0. The van der Waals surface area contributed by atoms with Crippen LogP contribution < -0.4 is 5.56 Å². The van der Waals surface area contributed by atoms with E-state index in [2.05, 4.69) is 25.4 Å². The molecule has 0 amide bonds. The van der Waals surface area contributed by atoms with E-state index in [0.29, 0.717) is 16.9 Å². The minimum atomic E-state index is -0.313. The monoisotopic (exact) mass is 393 g/mol. The minimum absolute atomic E-state index is 0.313.